The van der Waals surface area contributed by atoms with E-state index in [0.29, 0.717) is 19.4 Å². The van der Waals surface area contributed by atoms with E-state index in [-0.39, 0.29) is 18.5 Å². The van der Waals surface area contributed by atoms with Crippen LogP contribution in [0.2, 0.25) is 0 Å². The number of carbonyl (C=O) groups excluding carboxylic acids is 2. The molecule has 0 aromatic heterocycles. The highest BCUT2D eigenvalue weighted by atomic mass is 16.5. The number of unbranched alkanes of at least 4 members (excludes halogenated alkanes) is 44. The van der Waals surface area contributed by atoms with Crippen molar-refractivity contribution in [3.05, 3.63) is 36.5 Å². The summed E-state index contributed by atoms with van der Waals surface area (Å²) in [6.45, 7) is 4.90. The Hall–Kier alpha value is -1.92. The molecule has 0 bridgehead atoms. The summed E-state index contributed by atoms with van der Waals surface area (Å²) in [4.78, 5) is 24.6. The van der Waals surface area contributed by atoms with Crippen LogP contribution in [0.15, 0.2) is 36.5 Å². The molecule has 2 unspecified atom stereocenters. The number of hydrogen-bond donors (Lipinski definition) is 3. The Kier molecular flexibility index (Phi) is 59.0. The smallest absolute Gasteiger partial charge is 0.305 e. The minimum absolute atomic E-state index is 0.00192. The summed E-state index contributed by atoms with van der Waals surface area (Å²) in [7, 11) is 0. The molecular formula is C65H123NO5. The van der Waals surface area contributed by atoms with E-state index in [1.54, 1.807) is 6.08 Å². The van der Waals surface area contributed by atoms with E-state index < -0.39 is 12.1 Å². The second-order valence-electron chi connectivity index (χ2n) is 21.7. The standard InChI is InChI=1S/C65H123NO5/c1-3-5-7-9-11-13-15-17-19-21-22-27-31-35-39-43-47-51-55-59-65(70)71-60-56-52-48-44-40-36-32-28-24-23-26-30-34-38-42-46-50-54-58-64(69)66-62(61-67)63(68)57-53-49-45-41-37-33-29-25-20-18-16-14-12-10-8-6-4-2/h17,19,26,30,53,57,62-63,67-68H,3-16,18,20-25,27-29,31-52,54-56,58-61H2,1-2H3,(H,66,69)/b19-17-,30-26-,57-53+. The van der Waals surface area contributed by atoms with Gasteiger partial charge >= 0.3 is 5.97 Å². The SMILES string of the molecule is CCCCCCCC/C=C\CCCCCCCCCCCC(=O)OCCCCCCCCCCC/C=C\CCCCCCCC(=O)NC(CO)C(O)/C=C/CCCCCCCCCCCCCCCCC. The van der Waals surface area contributed by atoms with Crippen molar-refractivity contribution in [3.8, 4) is 0 Å². The zero-order chi connectivity index (χ0) is 51.4. The molecule has 0 aliphatic heterocycles. The van der Waals surface area contributed by atoms with Crippen LogP contribution in [0.4, 0.5) is 0 Å². The fraction of sp³-hybridized carbons (Fsp3) is 0.877. The van der Waals surface area contributed by atoms with Gasteiger partial charge in [0, 0.05) is 12.8 Å². The van der Waals surface area contributed by atoms with E-state index in [4.69, 9.17) is 4.74 Å². The average molecular weight is 999 g/mol. The summed E-state index contributed by atoms with van der Waals surface area (Å²) in [5.41, 5.74) is 0. The van der Waals surface area contributed by atoms with Gasteiger partial charge in [0.2, 0.25) is 5.91 Å². The molecule has 0 saturated heterocycles. The van der Waals surface area contributed by atoms with Crippen LogP contribution in [-0.4, -0.2) is 47.4 Å². The average Bonchev–Trinajstić information content (AvgIpc) is 3.37. The second-order valence-corrected chi connectivity index (χ2v) is 21.7. The van der Waals surface area contributed by atoms with Gasteiger partial charge in [0.15, 0.2) is 0 Å². The number of rotatable bonds is 59. The molecule has 2 atom stereocenters. The maximum atomic E-state index is 12.5. The van der Waals surface area contributed by atoms with Crippen molar-refractivity contribution in [2.45, 2.75) is 353 Å². The number of esters is 1. The maximum Gasteiger partial charge on any atom is 0.305 e. The van der Waals surface area contributed by atoms with Crippen molar-refractivity contribution in [2.75, 3.05) is 13.2 Å². The first kappa shape index (κ1) is 69.1. The molecule has 1 amide bonds. The van der Waals surface area contributed by atoms with Crippen LogP contribution in [0.3, 0.4) is 0 Å². The summed E-state index contributed by atoms with van der Waals surface area (Å²) in [5.74, 6) is -0.0787. The number of amides is 1. The highest BCUT2D eigenvalue weighted by Crippen LogP contribution is 2.17. The lowest BCUT2D eigenvalue weighted by molar-refractivity contribution is -0.143. The van der Waals surface area contributed by atoms with Crippen molar-refractivity contribution in [3.63, 3.8) is 0 Å². The predicted octanol–water partition coefficient (Wildman–Crippen LogP) is 20.0. The van der Waals surface area contributed by atoms with Crippen molar-refractivity contribution in [1.82, 2.24) is 5.32 Å². The Morgan fingerprint density at radius 1 is 0.380 bits per heavy atom. The minimum atomic E-state index is -0.854. The largest absolute Gasteiger partial charge is 0.466 e. The van der Waals surface area contributed by atoms with Crippen molar-refractivity contribution in [1.29, 1.82) is 0 Å². The number of nitrogens with one attached hydrogen (secondary N) is 1. The molecule has 418 valence electrons. The predicted molar refractivity (Wildman–Crippen MR) is 310 cm³/mol. The number of carbonyl (C=O) groups is 2. The van der Waals surface area contributed by atoms with E-state index in [9.17, 15) is 19.8 Å². The van der Waals surface area contributed by atoms with Gasteiger partial charge in [-0.3, -0.25) is 9.59 Å². The third-order valence-electron chi connectivity index (χ3n) is 14.6. The molecule has 0 heterocycles. The molecule has 6 nitrogen and oxygen atoms in total. The molecular weight excluding hydrogens is 875 g/mol. The topological polar surface area (TPSA) is 95.9 Å². The third-order valence-corrected chi connectivity index (χ3v) is 14.6. The van der Waals surface area contributed by atoms with E-state index in [1.165, 1.54) is 257 Å². The molecule has 3 N–H and O–H groups in total. The van der Waals surface area contributed by atoms with Gasteiger partial charge in [0.05, 0.1) is 25.4 Å². The van der Waals surface area contributed by atoms with Crippen LogP contribution in [0.25, 0.3) is 0 Å². The van der Waals surface area contributed by atoms with Gasteiger partial charge in [-0.15, -0.1) is 0 Å². The molecule has 0 aliphatic carbocycles. The second kappa shape index (κ2) is 60.6. The fourth-order valence-electron chi connectivity index (χ4n) is 9.74. The first-order valence-electron chi connectivity index (χ1n) is 31.8. The number of allylic oxidation sites excluding steroid dienone is 5. The van der Waals surface area contributed by atoms with E-state index >= 15 is 0 Å². The first-order chi connectivity index (χ1) is 35.0. The molecule has 6 heteroatoms. The molecule has 71 heavy (non-hydrogen) atoms. The lowest BCUT2D eigenvalue weighted by atomic mass is 10.0. The summed E-state index contributed by atoms with van der Waals surface area (Å²) >= 11 is 0. The molecule has 0 fully saturated rings. The number of ether oxygens (including phenoxy) is 1. The molecule has 0 spiro atoms. The summed E-state index contributed by atoms with van der Waals surface area (Å²) < 4.78 is 5.49. The van der Waals surface area contributed by atoms with Gasteiger partial charge in [-0.25, -0.2) is 0 Å². The Morgan fingerprint density at radius 2 is 0.662 bits per heavy atom. The van der Waals surface area contributed by atoms with Crippen LogP contribution in [0.5, 0.6) is 0 Å². The molecule has 0 radical (unpaired) electrons. The Bertz CT molecular complexity index is 1150. The highest BCUT2D eigenvalue weighted by Gasteiger charge is 2.18. The van der Waals surface area contributed by atoms with Gasteiger partial charge < -0.3 is 20.3 Å². The van der Waals surface area contributed by atoms with Crippen LogP contribution >= 0.6 is 0 Å². The van der Waals surface area contributed by atoms with Gasteiger partial charge in [0.25, 0.3) is 0 Å². The summed E-state index contributed by atoms with van der Waals surface area (Å²) in [5, 5.41) is 23.1. The van der Waals surface area contributed by atoms with Crippen LogP contribution in [0.1, 0.15) is 341 Å². The van der Waals surface area contributed by atoms with Crippen molar-refractivity contribution >= 4 is 11.9 Å². The number of aliphatic hydroxyl groups excluding tert-OH is 2. The summed E-state index contributed by atoms with van der Waals surface area (Å²) in [6.07, 6.45) is 76.1. The third kappa shape index (κ3) is 57.2. The highest BCUT2D eigenvalue weighted by molar-refractivity contribution is 5.76. The van der Waals surface area contributed by atoms with Gasteiger partial charge in [0.1, 0.15) is 0 Å². The van der Waals surface area contributed by atoms with Crippen molar-refractivity contribution in [2.24, 2.45) is 0 Å². The lowest BCUT2D eigenvalue weighted by Crippen LogP contribution is -2.45. The van der Waals surface area contributed by atoms with E-state index in [0.717, 1.165) is 57.8 Å². The van der Waals surface area contributed by atoms with Crippen LogP contribution in [0, 0.1) is 0 Å². The normalized spacial score (nSPS) is 12.8. The van der Waals surface area contributed by atoms with Gasteiger partial charge in [-0.2, -0.15) is 0 Å². The van der Waals surface area contributed by atoms with E-state index in [2.05, 4.69) is 43.5 Å². The van der Waals surface area contributed by atoms with Gasteiger partial charge in [-0.1, -0.05) is 281 Å². The zero-order valence-electron chi connectivity index (χ0n) is 47.7. The maximum absolute atomic E-state index is 12.5. The van der Waals surface area contributed by atoms with E-state index in [1.807, 2.05) is 6.08 Å². The quantitative estimate of drug-likeness (QED) is 0.0321. The molecule has 0 aromatic rings. The minimum Gasteiger partial charge on any atom is -0.466 e. The number of hydrogen-bond acceptors (Lipinski definition) is 5. The Morgan fingerprint density at radius 3 is 1.00 bits per heavy atom. The zero-order valence-corrected chi connectivity index (χ0v) is 47.7. The first-order valence-corrected chi connectivity index (χ1v) is 31.8. The molecule has 0 aromatic carbocycles. The van der Waals surface area contributed by atoms with Gasteiger partial charge in [-0.05, 0) is 83.5 Å². The van der Waals surface area contributed by atoms with Crippen LogP contribution < -0.4 is 5.32 Å². The Labute approximate surface area is 443 Å². The molecule has 0 rings (SSSR count). The Balaban J connectivity index is 3.46. The van der Waals surface area contributed by atoms with Crippen LogP contribution in [-0.2, 0) is 14.3 Å². The fourth-order valence-corrected chi connectivity index (χ4v) is 9.74. The van der Waals surface area contributed by atoms with Crippen molar-refractivity contribution < 1.29 is 24.5 Å². The number of aliphatic hydroxyl groups is 2. The monoisotopic (exact) mass is 998 g/mol. The molecule has 0 aliphatic rings. The molecule has 0 saturated carbocycles. The lowest BCUT2D eigenvalue weighted by Gasteiger charge is -2.20. The summed E-state index contributed by atoms with van der Waals surface area (Å²) in [6, 6.07) is -0.639.